The third-order valence-corrected chi connectivity index (χ3v) is 4.02. The number of carbonyl (C=O) groups is 2. The first-order valence-electron chi connectivity index (χ1n) is 7.77. The van der Waals surface area contributed by atoms with Crippen LogP contribution in [0, 0.1) is 23.7 Å². The SMILES string of the molecule is C1C[NH+]2CC[NH+]1CC2.O.O.O=C([O-])C#Cc1ccccc1C#CC(=O)[O-]. The standard InChI is InChI=1S/C12H6O4.C6H12N2.2H2O/c13-11(14)7-5-9-3-1-2-4-10(9)6-8-12(15)16;1-2-8-5-3-7(1)4-6-8;;/h1-4H,(H,13,14)(H,15,16);1-6H2;2*1H2. The molecule has 1 aromatic rings. The number of carboxylic acid groups (broad SMARTS) is 2. The first-order valence-corrected chi connectivity index (χ1v) is 7.77. The van der Waals surface area contributed by atoms with E-state index in [1.807, 2.05) is 21.6 Å². The van der Waals surface area contributed by atoms with Gasteiger partial charge in [-0.3, -0.25) is 0 Å². The highest BCUT2D eigenvalue weighted by molar-refractivity contribution is 5.86. The Labute approximate surface area is 151 Å². The van der Waals surface area contributed by atoms with Crippen LogP contribution in [-0.4, -0.2) is 62.2 Å². The lowest BCUT2D eigenvalue weighted by atomic mass is 10.1. The van der Waals surface area contributed by atoms with Crippen molar-refractivity contribution in [3.8, 4) is 23.7 Å². The van der Waals surface area contributed by atoms with E-state index in [2.05, 4.69) is 11.8 Å². The fourth-order valence-electron chi connectivity index (χ4n) is 2.75. The van der Waals surface area contributed by atoms with Crippen molar-refractivity contribution in [2.24, 2.45) is 0 Å². The van der Waals surface area contributed by atoms with E-state index in [4.69, 9.17) is 0 Å². The number of fused-ring (bicyclic) bond motifs is 3. The molecule has 0 unspecified atom stereocenters. The number of aliphatic carboxylic acids is 2. The van der Waals surface area contributed by atoms with E-state index >= 15 is 0 Å². The molecule has 4 rings (SSSR count). The predicted molar refractivity (Wildman–Crippen MR) is 88.6 cm³/mol. The maximum Gasteiger partial charge on any atom is 0.127 e. The number of carbonyl (C=O) groups excluding carboxylic acids is 2. The summed E-state index contributed by atoms with van der Waals surface area (Å²) in [6, 6.07) is 6.30. The van der Waals surface area contributed by atoms with Crippen LogP contribution in [0.2, 0.25) is 0 Å². The van der Waals surface area contributed by atoms with Crippen molar-refractivity contribution in [2.45, 2.75) is 0 Å². The number of carboxylic acids is 2. The molecular formula is C18H22N2O6. The first kappa shape index (κ1) is 23.1. The summed E-state index contributed by atoms with van der Waals surface area (Å²) in [5.74, 6) is 5.22. The van der Waals surface area contributed by atoms with Gasteiger partial charge in [0.05, 0.1) is 0 Å². The number of hydrogen-bond acceptors (Lipinski definition) is 4. The molecule has 3 aliphatic rings. The van der Waals surface area contributed by atoms with Gasteiger partial charge < -0.3 is 40.6 Å². The smallest absolute Gasteiger partial charge is 0.127 e. The van der Waals surface area contributed by atoms with Gasteiger partial charge in [0.2, 0.25) is 0 Å². The normalized spacial score (nSPS) is 18.8. The van der Waals surface area contributed by atoms with E-state index in [1.54, 1.807) is 12.1 Å². The summed E-state index contributed by atoms with van der Waals surface area (Å²) in [5, 5.41) is 20.3. The van der Waals surface area contributed by atoms with E-state index < -0.39 is 11.9 Å². The van der Waals surface area contributed by atoms with Crippen molar-refractivity contribution >= 4 is 11.9 Å². The van der Waals surface area contributed by atoms with Crippen LogP contribution in [0.5, 0.6) is 0 Å². The summed E-state index contributed by atoms with van der Waals surface area (Å²) < 4.78 is 0. The third-order valence-electron chi connectivity index (χ3n) is 4.02. The Morgan fingerprint density at radius 2 is 1.04 bits per heavy atom. The summed E-state index contributed by atoms with van der Waals surface area (Å²) in [4.78, 5) is 23.9. The van der Waals surface area contributed by atoms with Gasteiger partial charge in [0.25, 0.3) is 0 Å². The molecule has 0 atom stereocenters. The fraction of sp³-hybridized carbons (Fsp3) is 0.333. The molecule has 8 heteroatoms. The van der Waals surface area contributed by atoms with Crippen LogP contribution in [0.3, 0.4) is 0 Å². The van der Waals surface area contributed by atoms with E-state index in [1.165, 1.54) is 51.4 Å². The van der Waals surface area contributed by atoms with Gasteiger partial charge in [-0.05, 0) is 24.0 Å². The van der Waals surface area contributed by atoms with Gasteiger partial charge in [-0.2, -0.15) is 0 Å². The van der Waals surface area contributed by atoms with Gasteiger partial charge in [-0.25, -0.2) is 0 Å². The van der Waals surface area contributed by atoms with Crippen LogP contribution in [0.1, 0.15) is 11.1 Å². The summed E-state index contributed by atoms with van der Waals surface area (Å²) in [6.07, 6.45) is 0. The zero-order valence-electron chi connectivity index (χ0n) is 14.2. The highest BCUT2D eigenvalue weighted by Gasteiger charge is 2.29. The van der Waals surface area contributed by atoms with Crippen LogP contribution < -0.4 is 20.0 Å². The number of rotatable bonds is 0. The highest BCUT2D eigenvalue weighted by Crippen LogP contribution is 2.04. The highest BCUT2D eigenvalue weighted by atomic mass is 16.4. The Bertz CT molecular complexity index is 659. The fourth-order valence-corrected chi connectivity index (χ4v) is 2.75. The number of hydrogen-bond donors (Lipinski definition) is 2. The molecule has 0 spiro atoms. The second-order valence-electron chi connectivity index (χ2n) is 5.62. The first-order chi connectivity index (χ1) is 11.5. The van der Waals surface area contributed by atoms with E-state index in [0.717, 1.165) is 0 Å². The second kappa shape index (κ2) is 11.6. The van der Waals surface area contributed by atoms with Gasteiger partial charge in [0.15, 0.2) is 0 Å². The molecule has 140 valence electrons. The minimum Gasteiger partial charge on any atom is -0.537 e. The van der Waals surface area contributed by atoms with Crippen LogP contribution in [0.4, 0.5) is 0 Å². The Hall–Kier alpha value is -2.88. The topological polar surface area (TPSA) is 152 Å². The van der Waals surface area contributed by atoms with Crippen molar-refractivity contribution in [3.05, 3.63) is 35.4 Å². The Morgan fingerprint density at radius 3 is 1.27 bits per heavy atom. The maximum absolute atomic E-state index is 10.1. The monoisotopic (exact) mass is 362 g/mol. The van der Waals surface area contributed by atoms with Crippen molar-refractivity contribution < 1.29 is 40.6 Å². The van der Waals surface area contributed by atoms with Crippen LogP contribution in [0.25, 0.3) is 0 Å². The number of piperazine rings is 3. The Balaban J connectivity index is 0.000000525. The molecule has 3 saturated heterocycles. The number of benzene rings is 1. The molecule has 0 saturated carbocycles. The van der Waals surface area contributed by atoms with Gasteiger partial charge >= 0.3 is 0 Å². The average molecular weight is 362 g/mol. The quantitative estimate of drug-likeness (QED) is 0.440. The van der Waals surface area contributed by atoms with E-state index in [9.17, 15) is 19.8 Å². The third kappa shape index (κ3) is 7.79. The van der Waals surface area contributed by atoms with Gasteiger partial charge in [0, 0.05) is 11.1 Å². The molecule has 26 heavy (non-hydrogen) atoms. The molecule has 8 nitrogen and oxygen atoms in total. The molecule has 6 N–H and O–H groups in total. The molecule has 3 fully saturated rings. The molecule has 3 heterocycles. The molecule has 3 aliphatic heterocycles. The molecular weight excluding hydrogens is 340 g/mol. The molecule has 0 aromatic heterocycles. The number of quaternary nitrogens is 2. The van der Waals surface area contributed by atoms with Crippen molar-refractivity contribution in [2.75, 3.05) is 39.3 Å². The molecule has 0 aliphatic carbocycles. The van der Waals surface area contributed by atoms with Crippen molar-refractivity contribution in [3.63, 3.8) is 0 Å². The lowest BCUT2D eigenvalue weighted by molar-refractivity contribution is -1.06. The minimum absolute atomic E-state index is 0. The number of nitrogens with one attached hydrogen (secondary N) is 2. The maximum atomic E-state index is 10.1. The predicted octanol–water partition coefficient (Wildman–Crippen LogP) is -6.98. The van der Waals surface area contributed by atoms with Crippen molar-refractivity contribution in [1.82, 2.24) is 0 Å². The molecule has 0 radical (unpaired) electrons. The second-order valence-corrected chi connectivity index (χ2v) is 5.62. The van der Waals surface area contributed by atoms with Crippen LogP contribution in [-0.2, 0) is 9.59 Å². The Morgan fingerprint density at radius 1 is 0.731 bits per heavy atom. The zero-order chi connectivity index (χ0) is 17.4. The van der Waals surface area contributed by atoms with Crippen LogP contribution in [0.15, 0.2) is 24.3 Å². The molecule has 0 amide bonds. The lowest BCUT2D eigenvalue weighted by Crippen LogP contribution is -3.35. The molecule has 2 bridgehead atoms. The summed E-state index contributed by atoms with van der Waals surface area (Å²) in [7, 11) is 0. The summed E-state index contributed by atoms with van der Waals surface area (Å²) >= 11 is 0. The average Bonchev–Trinajstić information content (AvgIpc) is 2.61. The largest absolute Gasteiger partial charge is 0.537 e. The summed E-state index contributed by atoms with van der Waals surface area (Å²) in [5.41, 5.74) is 0.640. The van der Waals surface area contributed by atoms with Crippen molar-refractivity contribution in [1.29, 1.82) is 0 Å². The summed E-state index contributed by atoms with van der Waals surface area (Å²) in [6.45, 7) is 8.64. The van der Waals surface area contributed by atoms with Gasteiger partial charge in [0.1, 0.15) is 51.2 Å². The zero-order valence-corrected chi connectivity index (χ0v) is 14.2. The Kier molecular flexibility index (Phi) is 10.3. The van der Waals surface area contributed by atoms with E-state index in [-0.39, 0.29) is 11.0 Å². The van der Waals surface area contributed by atoms with E-state index in [0.29, 0.717) is 11.1 Å². The van der Waals surface area contributed by atoms with Crippen LogP contribution >= 0.6 is 0 Å². The minimum atomic E-state index is -1.51. The van der Waals surface area contributed by atoms with Gasteiger partial charge in [-0.15, -0.1) is 0 Å². The van der Waals surface area contributed by atoms with Gasteiger partial charge in [-0.1, -0.05) is 24.0 Å². The molecule has 1 aromatic carbocycles. The lowest BCUT2D eigenvalue weighted by Gasteiger charge is -2.35.